The first-order chi connectivity index (χ1) is 13.3. The van der Waals surface area contributed by atoms with Gasteiger partial charge in [-0.2, -0.15) is 0 Å². The number of aliphatic hydroxyl groups is 1. The summed E-state index contributed by atoms with van der Waals surface area (Å²) in [4.78, 5) is 0. The Bertz CT molecular complexity index is 591. The van der Waals surface area contributed by atoms with Crippen LogP contribution in [0.15, 0.2) is 11.6 Å². The molecular formula is C27H46O. The zero-order valence-corrected chi connectivity index (χ0v) is 19.3. The molecule has 0 aromatic heterocycles. The minimum atomic E-state index is -0.0766. The minimum Gasteiger partial charge on any atom is -0.393 e. The van der Waals surface area contributed by atoms with Crippen LogP contribution in [0.2, 0.25) is 0 Å². The highest BCUT2D eigenvalue weighted by Gasteiger charge is 2.59. The lowest BCUT2D eigenvalue weighted by molar-refractivity contribution is -0.0573. The lowest BCUT2D eigenvalue weighted by Crippen LogP contribution is -2.50. The Morgan fingerprint density at radius 1 is 1.00 bits per heavy atom. The van der Waals surface area contributed by atoms with Gasteiger partial charge in [-0.3, -0.25) is 0 Å². The highest BCUT2D eigenvalue weighted by molar-refractivity contribution is 5.25. The summed E-state index contributed by atoms with van der Waals surface area (Å²) >= 11 is 0. The Labute approximate surface area is 174 Å². The summed E-state index contributed by atoms with van der Waals surface area (Å²) in [5, 5.41) is 10.2. The van der Waals surface area contributed by atoms with Crippen LogP contribution in [0.3, 0.4) is 0 Å². The zero-order chi connectivity index (χ0) is 20.1. The van der Waals surface area contributed by atoms with Crippen molar-refractivity contribution in [3.8, 4) is 0 Å². The van der Waals surface area contributed by atoms with Crippen molar-refractivity contribution in [3.05, 3.63) is 11.6 Å². The van der Waals surface area contributed by atoms with Crippen LogP contribution in [0.25, 0.3) is 0 Å². The molecule has 3 fully saturated rings. The maximum absolute atomic E-state index is 10.2. The lowest BCUT2D eigenvalue weighted by atomic mass is 9.47. The largest absolute Gasteiger partial charge is 0.393 e. The van der Waals surface area contributed by atoms with Crippen LogP contribution < -0.4 is 0 Å². The molecule has 8 atom stereocenters. The first-order valence-corrected chi connectivity index (χ1v) is 12.6. The molecule has 0 aromatic carbocycles. The fraction of sp³-hybridized carbons (Fsp3) is 0.926. The number of hydrogen-bond donors (Lipinski definition) is 1. The summed E-state index contributed by atoms with van der Waals surface area (Å²) in [5.74, 6) is 5.46. The number of aliphatic hydroxyl groups excluding tert-OH is 1. The van der Waals surface area contributed by atoms with Crippen molar-refractivity contribution in [2.24, 2.45) is 46.3 Å². The van der Waals surface area contributed by atoms with E-state index in [1.165, 1.54) is 57.8 Å². The van der Waals surface area contributed by atoms with E-state index < -0.39 is 0 Å². The molecule has 4 aliphatic rings. The fourth-order valence-electron chi connectivity index (χ4n) is 8.67. The van der Waals surface area contributed by atoms with E-state index in [1.807, 2.05) is 0 Å². The number of fused-ring (bicyclic) bond motifs is 5. The van der Waals surface area contributed by atoms with E-state index in [2.05, 4.69) is 40.7 Å². The molecule has 0 radical (unpaired) electrons. The molecule has 1 nitrogen and oxygen atoms in total. The third kappa shape index (κ3) is 3.42. The van der Waals surface area contributed by atoms with E-state index >= 15 is 0 Å². The van der Waals surface area contributed by atoms with Crippen molar-refractivity contribution in [1.82, 2.24) is 0 Å². The van der Waals surface area contributed by atoms with Gasteiger partial charge in [0, 0.05) is 0 Å². The standard InChI is InChI=1S/C27H46O/c1-18(2)7-6-8-19(3)23-11-12-24-22-10-9-20-17-21(28)13-15-26(20,4)25(22)14-16-27(23,24)5/h9,18-19,21-25,28H,6-8,10-17H2,1-5H3/t19-,21?,22?,23-,24+,25+,26+,27?/m1/s1. The smallest absolute Gasteiger partial charge is 0.0577 e. The van der Waals surface area contributed by atoms with Gasteiger partial charge in [-0.05, 0) is 97.7 Å². The van der Waals surface area contributed by atoms with Gasteiger partial charge in [0.2, 0.25) is 0 Å². The van der Waals surface area contributed by atoms with Gasteiger partial charge in [0.05, 0.1) is 6.10 Å². The van der Waals surface area contributed by atoms with E-state index in [9.17, 15) is 5.11 Å². The fourth-order valence-corrected chi connectivity index (χ4v) is 8.67. The molecule has 3 unspecified atom stereocenters. The summed E-state index contributed by atoms with van der Waals surface area (Å²) in [6, 6.07) is 0. The average molecular weight is 387 g/mol. The summed E-state index contributed by atoms with van der Waals surface area (Å²) in [6.45, 7) is 12.6. The zero-order valence-electron chi connectivity index (χ0n) is 19.3. The molecular weight excluding hydrogens is 340 g/mol. The van der Waals surface area contributed by atoms with Crippen LogP contribution in [0.1, 0.15) is 105 Å². The first kappa shape index (κ1) is 21.0. The molecule has 0 amide bonds. The molecule has 0 heterocycles. The van der Waals surface area contributed by atoms with Gasteiger partial charge in [-0.1, -0.05) is 65.5 Å². The second kappa shape index (κ2) is 7.75. The molecule has 0 spiro atoms. The van der Waals surface area contributed by atoms with Crippen molar-refractivity contribution >= 4 is 0 Å². The molecule has 1 heteroatoms. The van der Waals surface area contributed by atoms with Crippen LogP contribution >= 0.6 is 0 Å². The van der Waals surface area contributed by atoms with E-state index in [4.69, 9.17) is 0 Å². The summed E-state index contributed by atoms with van der Waals surface area (Å²) in [5.41, 5.74) is 2.60. The predicted molar refractivity (Wildman–Crippen MR) is 119 cm³/mol. The normalized spacial score (nSPS) is 46.5. The topological polar surface area (TPSA) is 20.2 Å². The van der Waals surface area contributed by atoms with Crippen molar-refractivity contribution in [2.75, 3.05) is 0 Å². The first-order valence-electron chi connectivity index (χ1n) is 12.6. The third-order valence-electron chi connectivity index (χ3n) is 10.3. The number of allylic oxidation sites excluding steroid dienone is 1. The van der Waals surface area contributed by atoms with Gasteiger partial charge in [-0.15, -0.1) is 0 Å². The quantitative estimate of drug-likeness (QED) is 0.488. The van der Waals surface area contributed by atoms with E-state index in [1.54, 1.807) is 5.57 Å². The van der Waals surface area contributed by atoms with E-state index in [0.717, 1.165) is 48.3 Å². The van der Waals surface area contributed by atoms with Crippen LogP contribution in [0.4, 0.5) is 0 Å². The molecule has 0 aliphatic heterocycles. The third-order valence-corrected chi connectivity index (χ3v) is 10.3. The Hall–Kier alpha value is -0.300. The monoisotopic (exact) mass is 386 g/mol. The minimum absolute atomic E-state index is 0.0766. The molecule has 1 N–H and O–H groups in total. The predicted octanol–water partition coefficient (Wildman–Crippen LogP) is 7.39. The van der Waals surface area contributed by atoms with Crippen LogP contribution in [0.5, 0.6) is 0 Å². The maximum atomic E-state index is 10.2. The van der Waals surface area contributed by atoms with Gasteiger partial charge in [0.15, 0.2) is 0 Å². The molecule has 0 saturated heterocycles. The Balaban J connectivity index is 1.49. The van der Waals surface area contributed by atoms with Gasteiger partial charge >= 0.3 is 0 Å². The molecule has 28 heavy (non-hydrogen) atoms. The Kier molecular flexibility index (Phi) is 5.80. The van der Waals surface area contributed by atoms with Crippen LogP contribution in [-0.4, -0.2) is 11.2 Å². The van der Waals surface area contributed by atoms with E-state index in [0.29, 0.717) is 10.8 Å². The van der Waals surface area contributed by atoms with E-state index in [-0.39, 0.29) is 6.10 Å². The average Bonchev–Trinajstić information content (AvgIpc) is 2.99. The molecule has 160 valence electrons. The van der Waals surface area contributed by atoms with Crippen molar-refractivity contribution < 1.29 is 5.11 Å². The summed E-state index contributed by atoms with van der Waals surface area (Å²) in [7, 11) is 0. The van der Waals surface area contributed by atoms with Crippen molar-refractivity contribution in [2.45, 2.75) is 111 Å². The van der Waals surface area contributed by atoms with Crippen molar-refractivity contribution in [3.63, 3.8) is 0 Å². The maximum Gasteiger partial charge on any atom is 0.0577 e. The molecule has 3 saturated carbocycles. The molecule has 0 bridgehead atoms. The summed E-state index contributed by atoms with van der Waals surface area (Å²) < 4.78 is 0. The second-order valence-corrected chi connectivity index (χ2v) is 12.2. The number of hydrogen-bond acceptors (Lipinski definition) is 1. The molecule has 4 aliphatic carbocycles. The summed E-state index contributed by atoms with van der Waals surface area (Å²) in [6.07, 6.45) is 17.2. The lowest BCUT2D eigenvalue weighted by Gasteiger charge is -2.58. The number of rotatable bonds is 5. The molecule has 0 aromatic rings. The van der Waals surface area contributed by atoms with Gasteiger partial charge in [0.25, 0.3) is 0 Å². The van der Waals surface area contributed by atoms with Crippen molar-refractivity contribution in [1.29, 1.82) is 0 Å². The highest BCUT2D eigenvalue weighted by Crippen LogP contribution is 2.67. The van der Waals surface area contributed by atoms with Crippen LogP contribution in [0, 0.1) is 46.3 Å². The van der Waals surface area contributed by atoms with Gasteiger partial charge in [-0.25, -0.2) is 0 Å². The Morgan fingerprint density at radius 2 is 1.79 bits per heavy atom. The second-order valence-electron chi connectivity index (χ2n) is 12.2. The SMILES string of the molecule is CC(C)CCC[C@@H](C)[C@H]1CC[C@H]2C3CC=C4CC(O)CC[C@]4(C)[C@H]3CCC12C. The van der Waals surface area contributed by atoms with Gasteiger partial charge in [0.1, 0.15) is 0 Å². The van der Waals surface area contributed by atoms with Gasteiger partial charge < -0.3 is 5.11 Å². The highest BCUT2D eigenvalue weighted by atomic mass is 16.3. The molecule has 4 rings (SSSR count). The Morgan fingerprint density at radius 3 is 2.54 bits per heavy atom. The van der Waals surface area contributed by atoms with Crippen LogP contribution in [-0.2, 0) is 0 Å².